The molecule has 9 heavy (non-hydrogen) atoms. The van der Waals surface area contributed by atoms with Crippen LogP contribution in [0.5, 0.6) is 0 Å². The maximum atomic E-state index is 10.5. The van der Waals surface area contributed by atoms with Gasteiger partial charge in [0.2, 0.25) is 0 Å². The number of carbonyl (C=O) groups is 1. The van der Waals surface area contributed by atoms with Crippen molar-refractivity contribution in [1.82, 2.24) is 5.43 Å². The molecule has 0 radical (unpaired) electrons. The minimum absolute atomic E-state index is 0.0145. The summed E-state index contributed by atoms with van der Waals surface area (Å²) in [4.78, 5) is 10.5. The lowest BCUT2D eigenvalue weighted by Gasteiger charge is -2.09. The number of hydrogen-bond donors (Lipinski definition) is 2. The van der Waals surface area contributed by atoms with Crippen LogP contribution >= 0.6 is 0 Å². The molecule has 54 valence electrons. The Morgan fingerprint density at radius 1 is 1.89 bits per heavy atom. The molecule has 0 heterocycles. The van der Waals surface area contributed by atoms with Gasteiger partial charge in [0.05, 0.1) is 6.61 Å². The molecule has 0 spiro atoms. The lowest BCUT2D eigenvalue weighted by molar-refractivity contribution is -0.120. The van der Waals surface area contributed by atoms with Gasteiger partial charge in [0.1, 0.15) is 11.8 Å². The van der Waals surface area contributed by atoms with Crippen LogP contribution in [-0.4, -0.2) is 25.5 Å². The van der Waals surface area contributed by atoms with Crippen LogP contribution in [0.3, 0.4) is 0 Å². The Morgan fingerprint density at radius 3 is 2.56 bits per heavy atom. The van der Waals surface area contributed by atoms with Crippen molar-refractivity contribution in [3.8, 4) is 0 Å². The van der Waals surface area contributed by atoms with Crippen LogP contribution in [0.15, 0.2) is 0 Å². The molecule has 4 heteroatoms. The molecule has 1 atom stereocenters. The fourth-order valence-corrected chi connectivity index (χ4v) is 0.449. The monoisotopic (exact) mass is 132 g/mol. The Hall–Kier alpha value is -0.450. The van der Waals surface area contributed by atoms with Crippen molar-refractivity contribution >= 4 is 5.78 Å². The van der Waals surface area contributed by atoms with E-state index in [-0.39, 0.29) is 11.8 Å². The Labute approximate surface area is 54.3 Å². The summed E-state index contributed by atoms with van der Waals surface area (Å²) in [6.45, 7) is 1.79. The van der Waals surface area contributed by atoms with Gasteiger partial charge in [0, 0.05) is 7.11 Å². The number of nitrogens with one attached hydrogen (secondary N) is 1. The first kappa shape index (κ1) is 8.55. The second kappa shape index (κ2) is 4.43. The second-order valence-electron chi connectivity index (χ2n) is 1.79. The van der Waals surface area contributed by atoms with Crippen molar-refractivity contribution in [1.29, 1.82) is 0 Å². The topological polar surface area (TPSA) is 64.3 Å². The average molecular weight is 132 g/mol. The van der Waals surface area contributed by atoms with Crippen LogP contribution in [0, 0.1) is 0 Å². The molecule has 0 aliphatic heterocycles. The van der Waals surface area contributed by atoms with E-state index < -0.39 is 0 Å². The Morgan fingerprint density at radius 2 is 2.44 bits per heavy atom. The number of Topliss-reactive ketones (excluding diaryl/α,β-unsaturated/α-hetero) is 1. The van der Waals surface area contributed by atoms with Crippen LogP contribution in [0.4, 0.5) is 0 Å². The maximum absolute atomic E-state index is 10.5. The van der Waals surface area contributed by atoms with Gasteiger partial charge in [-0.15, -0.1) is 0 Å². The van der Waals surface area contributed by atoms with Gasteiger partial charge in [-0.25, -0.2) is 5.43 Å². The van der Waals surface area contributed by atoms with Crippen molar-refractivity contribution in [3.05, 3.63) is 0 Å². The van der Waals surface area contributed by atoms with Crippen LogP contribution in [-0.2, 0) is 9.53 Å². The highest BCUT2D eigenvalue weighted by Crippen LogP contribution is 1.82. The zero-order chi connectivity index (χ0) is 7.28. The van der Waals surface area contributed by atoms with Crippen molar-refractivity contribution < 1.29 is 9.53 Å². The van der Waals surface area contributed by atoms with E-state index in [1.165, 1.54) is 14.0 Å². The lowest BCUT2D eigenvalue weighted by atomic mass is 10.2. The number of carbonyl (C=O) groups excluding carboxylic acids is 1. The minimum Gasteiger partial charge on any atom is -0.383 e. The standard InChI is InChI=1S/C5H12N2O2/c1-4(8)5(7-6)3-9-2/h5,7H,3,6H2,1-2H3. The van der Waals surface area contributed by atoms with Gasteiger partial charge in [-0.2, -0.15) is 0 Å². The highest BCUT2D eigenvalue weighted by Gasteiger charge is 2.09. The number of rotatable bonds is 4. The summed E-state index contributed by atoms with van der Waals surface area (Å²) in [5.74, 6) is 4.99. The predicted molar refractivity (Wildman–Crippen MR) is 33.7 cm³/mol. The summed E-state index contributed by atoms with van der Waals surface area (Å²) in [7, 11) is 1.52. The number of ether oxygens (including phenoxy) is 1. The molecule has 0 rings (SSSR count). The molecular formula is C5H12N2O2. The number of ketones is 1. The fraction of sp³-hybridized carbons (Fsp3) is 0.800. The van der Waals surface area contributed by atoms with Crippen LogP contribution in [0.1, 0.15) is 6.92 Å². The third kappa shape index (κ3) is 3.18. The zero-order valence-corrected chi connectivity index (χ0v) is 5.68. The highest BCUT2D eigenvalue weighted by atomic mass is 16.5. The van der Waals surface area contributed by atoms with E-state index in [2.05, 4.69) is 5.43 Å². The molecule has 0 aliphatic carbocycles. The Bertz CT molecular complexity index is 95.0. The van der Waals surface area contributed by atoms with Crippen LogP contribution in [0.25, 0.3) is 0 Å². The van der Waals surface area contributed by atoms with Gasteiger partial charge in [-0.05, 0) is 6.92 Å². The van der Waals surface area contributed by atoms with E-state index >= 15 is 0 Å². The van der Waals surface area contributed by atoms with Crippen LogP contribution < -0.4 is 11.3 Å². The largest absolute Gasteiger partial charge is 0.383 e. The van der Waals surface area contributed by atoms with Crippen LogP contribution in [0.2, 0.25) is 0 Å². The third-order valence-corrected chi connectivity index (χ3v) is 1.03. The molecule has 0 saturated carbocycles. The van der Waals surface area contributed by atoms with E-state index in [1.807, 2.05) is 0 Å². The molecule has 0 aromatic carbocycles. The Kier molecular flexibility index (Phi) is 4.21. The summed E-state index contributed by atoms with van der Waals surface area (Å²) >= 11 is 0. The molecule has 4 nitrogen and oxygen atoms in total. The quantitative estimate of drug-likeness (QED) is 0.382. The number of hydrogen-bond acceptors (Lipinski definition) is 4. The number of methoxy groups -OCH3 is 1. The summed E-state index contributed by atoms with van der Waals surface area (Å²) in [5.41, 5.74) is 2.33. The number of hydrazine groups is 1. The molecule has 0 aromatic rings. The smallest absolute Gasteiger partial charge is 0.150 e. The summed E-state index contributed by atoms with van der Waals surface area (Å²) in [6, 6.07) is -0.366. The maximum Gasteiger partial charge on any atom is 0.150 e. The van der Waals surface area contributed by atoms with E-state index in [1.54, 1.807) is 0 Å². The van der Waals surface area contributed by atoms with Gasteiger partial charge in [0.25, 0.3) is 0 Å². The van der Waals surface area contributed by atoms with Gasteiger partial charge in [-0.1, -0.05) is 0 Å². The fourth-order valence-electron chi connectivity index (χ4n) is 0.449. The summed E-state index contributed by atoms with van der Waals surface area (Å²) in [6.07, 6.45) is 0. The molecule has 0 aromatic heterocycles. The summed E-state index contributed by atoms with van der Waals surface area (Å²) < 4.78 is 4.69. The Balaban J connectivity index is 3.54. The van der Waals surface area contributed by atoms with Gasteiger partial charge < -0.3 is 4.74 Å². The zero-order valence-electron chi connectivity index (χ0n) is 5.68. The van der Waals surface area contributed by atoms with E-state index in [4.69, 9.17) is 10.6 Å². The van der Waals surface area contributed by atoms with E-state index in [0.717, 1.165) is 0 Å². The highest BCUT2D eigenvalue weighted by molar-refractivity contribution is 5.81. The molecular weight excluding hydrogens is 120 g/mol. The molecule has 0 fully saturated rings. The lowest BCUT2D eigenvalue weighted by Crippen LogP contribution is -2.43. The molecule has 1 unspecified atom stereocenters. The third-order valence-electron chi connectivity index (χ3n) is 1.03. The van der Waals surface area contributed by atoms with E-state index in [9.17, 15) is 4.79 Å². The number of nitrogens with two attached hydrogens (primary N) is 1. The molecule has 0 saturated heterocycles. The van der Waals surface area contributed by atoms with Gasteiger partial charge >= 0.3 is 0 Å². The molecule has 0 amide bonds. The van der Waals surface area contributed by atoms with Gasteiger partial charge in [0.15, 0.2) is 0 Å². The predicted octanol–water partition coefficient (Wildman–Crippen LogP) is -0.946. The first-order chi connectivity index (χ1) is 4.22. The van der Waals surface area contributed by atoms with Crippen molar-refractivity contribution in [3.63, 3.8) is 0 Å². The second-order valence-corrected chi connectivity index (χ2v) is 1.79. The van der Waals surface area contributed by atoms with Gasteiger partial charge in [-0.3, -0.25) is 10.6 Å². The van der Waals surface area contributed by atoms with Crippen molar-refractivity contribution in [2.24, 2.45) is 5.84 Å². The molecule has 3 N–H and O–H groups in total. The first-order valence-electron chi connectivity index (χ1n) is 2.68. The van der Waals surface area contributed by atoms with Crippen molar-refractivity contribution in [2.75, 3.05) is 13.7 Å². The normalized spacial score (nSPS) is 13.2. The molecule has 0 bridgehead atoms. The average Bonchev–Trinajstić information content (AvgIpc) is 1.82. The summed E-state index contributed by atoms with van der Waals surface area (Å²) in [5, 5.41) is 0. The molecule has 0 aliphatic rings. The van der Waals surface area contributed by atoms with E-state index in [0.29, 0.717) is 6.61 Å². The first-order valence-corrected chi connectivity index (χ1v) is 2.68. The SMILES string of the molecule is COCC(NN)C(C)=O. The minimum atomic E-state index is -0.366. The van der Waals surface area contributed by atoms with Crippen molar-refractivity contribution in [2.45, 2.75) is 13.0 Å².